The van der Waals surface area contributed by atoms with E-state index in [0.717, 1.165) is 23.7 Å². The Balaban J connectivity index is 2.30. The Morgan fingerprint density at radius 2 is 2.38 bits per heavy atom. The minimum Gasteiger partial charge on any atom is -0.390 e. The molecule has 88 valence electrons. The standard InChI is InChI=1S/C13H19NOS/c1-3-11-7-12(9-15)14(13(11)16-2)8-10-5-4-6-10/h3,7,10,15H,1,4-6,8-9H2,2H3. The van der Waals surface area contributed by atoms with Crippen LogP contribution in [0.4, 0.5) is 0 Å². The molecule has 0 atom stereocenters. The van der Waals surface area contributed by atoms with Gasteiger partial charge in [0.15, 0.2) is 0 Å². The van der Waals surface area contributed by atoms with Gasteiger partial charge in [-0.1, -0.05) is 19.1 Å². The molecule has 1 aromatic rings. The largest absolute Gasteiger partial charge is 0.390 e. The minimum absolute atomic E-state index is 0.119. The molecule has 3 heteroatoms. The third-order valence-electron chi connectivity index (χ3n) is 3.40. The number of thioether (sulfide) groups is 1. The second-order valence-corrected chi connectivity index (χ2v) is 5.17. The second kappa shape index (κ2) is 5.11. The summed E-state index contributed by atoms with van der Waals surface area (Å²) in [5, 5.41) is 10.6. The van der Waals surface area contributed by atoms with E-state index in [2.05, 4.69) is 23.5 Å². The van der Waals surface area contributed by atoms with Crippen molar-refractivity contribution >= 4 is 17.8 Å². The maximum Gasteiger partial charge on any atom is 0.0833 e. The summed E-state index contributed by atoms with van der Waals surface area (Å²) in [4.78, 5) is 0. The third-order valence-corrected chi connectivity index (χ3v) is 4.24. The van der Waals surface area contributed by atoms with E-state index in [-0.39, 0.29) is 6.61 Å². The molecule has 1 aromatic heterocycles. The fourth-order valence-electron chi connectivity index (χ4n) is 2.24. The van der Waals surface area contributed by atoms with Crippen molar-refractivity contribution in [2.75, 3.05) is 6.26 Å². The smallest absolute Gasteiger partial charge is 0.0833 e. The highest BCUT2D eigenvalue weighted by Gasteiger charge is 2.21. The molecule has 0 aliphatic heterocycles. The molecule has 0 aromatic carbocycles. The Hall–Kier alpha value is -0.670. The van der Waals surface area contributed by atoms with Crippen molar-refractivity contribution in [3.05, 3.63) is 23.9 Å². The topological polar surface area (TPSA) is 25.2 Å². The Bertz CT molecular complexity index is 380. The molecule has 2 rings (SSSR count). The van der Waals surface area contributed by atoms with Crippen LogP contribution in [0.3, 0.4) is 0 Å². The van der Waals surface area contributed by atoms with Crippen LogP contribution in [0.15, 0.2) is 17.7 Å². The number of hydrogen-bond donors (Lipinski definition) is 1. The lowest BCUT2D eigenvalue weighted by Crippen LogP contribution is -2.19. The van der Waals surface area contributed by atoms with Gasteiger partial charge in [0.2, 0.25) is 0 Å². The number of aliphatic hydroxyl groups excluding tert-OH is 1. The van der Waals surface area contributed by atoms with Crippen molar-refractivity contribution < 1.29 is 5.11 Å². The van der Waals surface area contributed by atoms with Crippen molar-refractivity contribution in [1.29, 1.82) is 0 Å². The summed E-state index contributed by atoms with van der Waals surface area (Å²) in [6.07, 6.45) is 7.99. The molecule has 1 aliphatic carbocycles. The van der Waals surface area contributed by atoms with Gasteiger partial charge in [0.1, 0.15) is 0 Å². The van der Waals surface area contributed by atoms with Crippen LogP contribution >= 0.6 is 11.8 Å². The van der Waals surface area contributed by atoms with Crippen molar-refractivity contribution in [1.82, 2.24) is 4.57 Å². The summed E-state index contributed by atoms with van der Waals surface area (Å²) in [6.45, 7) is 5.01. The maximum absolute atomic E-state index is 9.39. The normalized spacial score (nSPS) is 16.1. The molecule has 2 nitrogen and oxygen atoms in total. The van der Waals surface area contributed by atoms with E-state index >= 15 is 0 Å². The van der Waals surface area contributed by atoms with Crippen molar-refractivity contribution in [3.63, 3.8) is 0 Å². The highest BCUT2D eigenvalue weighted by atomic mass is 32.2. The molecule has 0 spiro atoms. The monoisotopic (exact) mass is 237 g/mol. The molecule has 0 amide bonds. The predicted molar refractivity (Wildman–Crippen MR) is 69.6 cm³/mol. The van der Waals surface area contributed by atoms with Gasteiger partial charge in [-0.2, -0.15) is 0 Å². The van der Waals surface area contributed by atoms with Gasteiger partial charge < -0.3 is 9.67 Å². The van der Waals surface area contributed by atoms with Gasteiger partial charge in [-0.05, 0) is 31.1 Å². The fraction of sp³-hybridized carbons (Fsp3) is 0.538. The van der Waals surface area contributed by atoms with Crippen LogP contribution in [-0.2, 0) is 13.2 Å². The summed E-state index contributed by atoms with van der Waals surface area (Å²) in [5.74, 6) is 0.807. The number of aromatic nitrogens is 1. The molecular formula is C13H19NOS. The van der Waals surface area contributed by atoms with Crippen LogP contribution in [0.25, 0.3) is 6.08 Å². The molecule has 1 N–H and O–H groups in total. The molecule has 0 saturated heterocycles. The first-order valence-electron chi connectivity index (χ1n) is 5.79. The van der Waals surface area contributed by atoms with Crippen molar-refractivity contribution in [3.8, 4) is 0 Å². The Morgan fingerprint density at radius 1 is 1.62 bits per heavy atom. The summed E-state index contributed by atoms with van der Waals surface area (Å²) in [6, 6.07) is 2.05. The molecule has 0 bridgehead atoms. The Morgan fingerprint density at radius 3 is 2.81 bits per heavy atom. The number of hydrogen-bond acceptors (Lipinski definition) is 2. The highest BCUT2D eigenvalue weighted by molar-refractivity contribution is 7.98. The first-order valence-corrected chi connectivity index (χ1v) is 7.02. The summed E-state index contributed by atoms with van der Waals surface area (Å²) < 4.78 is 2.27. The van der Waals surface area contributed by atoms with E-state index in [9.17, 15) is 5.11 Å². The third kappa shape index (κ3) is 2.06. The molecular weight excluding hydrogens is 218 g/mol. The van der Waals surface area contributed by atoms with Crippen LogP contribution in [0.5, 0.6) is 0 Å². The van der Waals surface area contributed by atoms with Gasteiger partial charge in [0.25, 0.3) is 0 Å². The summed E-state index contributed by atoms with van der Waals surface area (Å²) in [7, 11) is 0. The zero-order valence-corrected chi connectivity index (χ0v) is 10.6. The lowest BCUT2D eigenvalue weighted by atomic mass is 9.85. The van der Waals surface area contributed by atoms with E-state index in [1.807, 2.05) is 6.08 Å². The first-order chi connectivity index (χ1) is 7.80. The Kier molecular flexibility index (Phi) is 3.77. The molecule has 1 heterocycles. The number of nitrogens with zero attached hydrogens (tertiary/aromatic N) is 1. The number of aliphatic hydroxyl groups is 1. The zero-order valence-electron chi connectivity index (χ0n) is 9.78. The van der Waals surface area contributed by atoms with Gasteiger partial charge in [0, 0.05) is 17.8 Å². The second-order valence-electron chi connectivity index (χ2n) is 4.37. The average Bonchev–Trinajstić information content (AvgIpc) is 2.60. The van der Waals surface area contributed by atoms with Crippen LogP contribution in [0.1, 0.15) is 30.5 Å². The summed E-state index contributed by atoms with van der Waals surface area (Å²) >= 11 is 1.74. The van der Waals surface area contributed by atoms with E-state index in [4.69, 9.17) is 0 Å². The summed E-state index contributed by atoms with van der Waals surface area (Å²) in [5.41, 5.74) is 2.17. The van der Waals surface area contributed by atoms with Crippen LogP contribution in [-0.4, -0.2) is 15.9 Å². The van der Waals surface area contributed by atoms with Crippen LogP contribution in [0.2, 0.25) is 0 Å². The van der Waals surface area contributed by atoms with E-state index in [1.165, 1.54) is 24.3 Å². The van der Waals surface area contributed by atoms with Crippen molar-refractivity contribution in [2.24, 2.45) is 5.92 Å². The zero-order chi connectivity index (χ0) is 11.5. The van der Waals surface area contributed by atoms with Gasteiger partial charge in [-0.25, -0.2) is 0 Å². The maximum atomic E-state index is 9.39. The highest BCUT2D eigenvalue weighted by Crippen LogP contribution is 2.32. The van der Waals surface area contributed by atoms with Crippen molar-refractivity contribution in [2.45, 2.75) is 37.4 Å². The van der Waals surface area contributed by atoms with E-state index in [1.54, 1.807) is 11.8 Å². The first kappa shape index (κ1) is 11.8. The lowest BCUT2D eigenvalue weighted by Gasteiger charge is -2.27. The van der Waals surface area contributed by atoms with E-state index in [0.29, 0.717) is 0 Å². The molecule has 1 fully saturated rings. The van der Waals surface area contributed by atoms with E-state index < -0.39 is 0 Å². The number of rotatable bonds is 5. The minimum atomic E-state index is 0.119. The molecule has 0 radical (unpaired) electrons. The molecule has 1 aliphatic rings. The Labute approximate surface area is 101 Å². The van der Waals surface area contributed by atoms with Gasteiger partial charge in [0.05, 0.1) is 11.6 Å². The van der Waals surface area contributed by atoms with Gasteiger partial charge in [-0.15, -0.1) is 11.8 Å². The van der Waals surface area contributed by atoms with Crippen LogP contribution in [0, 0.1) is 5.92 Å². The molecule has 1 saturated carbocycles. The fourth-order valence-corrected chi connectivity index (χ4v) is 3.03. The lowest BCUT2D eigenvalue weighted by molar-refractivity contribution is 0.240. The average molecular weight is 237 g/mol. The quantitative estimate of drug-likeness (QED) is 0.796. The van der Waals surface area contributed by atoms with Gasteiger partial charge >= 0.3 is 0 Å². The van der Waals surface area contributed by atoms with Crippen LogP contribution < -0.4 is 0 Å². The SMILES string of the molecule is C=Cc1cc(CO)n(CC2CCC2)c1SC. The van der Waals surface area contributed by atoms with Gasteiger partial charge in [-0.3, -0.25) is 0 Å². The predicted octanol–water partition coefficient (Wildman–Crippen LogP) is 3.15. The molecule has 0 unspecified atom stereocenters. The molecule has 16 heavy (non-hydrogen) atoms.